The highest BCUT2D eigenvalue weighted by atomic mass is 32.2. The SMILES string of the molecule is COc1ccc2ccccc2c1C=C1SC(c2ccccc2)=NC1=O. The molecule has 0 spiro atoms. The third-order valence-electron chi connectivity index (χ3n) is 4.07. The van der Waals surface area contributed by atoms with Gasteiger partial charge in [0.05, 0.1) is 12.0 Å². The van der Waals surface area contributed by atoms with E-state index in [4.69, 9.17) is 4.74 Å². The summed E-state index contributed by atoms with van der Waals surface area (Å²) in [7, 11) is 1.64. The summed E-state index contributed by atoms with van der Waals surface area (Å²) in [5, 5.41) is 2.89. The Kier molecular flexibility index (Phi) is 4.12. The summed E-state index contributed by atoms with van der Waals surface area (Å²) >= 11 is 1.40. The minimum atomic E-state index is -0.209. The van der Waals surface area contributed by atoms with Crippen molar-refractivity contribution in [1.82, 2.24) is 0 Å². The van der Waals surface area contributed by atoms with E-state index in [1.165, 1.54) is 11.8 Å². The molecule has 0 aromatic heterocycles. The third kappa shape index (κ3) is 2.96. The molecule has 0 aliphatic carbocycles. The van der Waals surface area contributed by atoms with Crippen molar-refractivity contribution < 1.29 is 9.53 Å². The molecule has 4 rings (SSSR count). The fourth-order valence-corrected chi connectivity index (χ4v) is 3.75. The minimum absolute atomic E-state index is 0.209. The van der Waals surface area contributed by atoms with Gasteiger partial charge in [-0.15, -0.1) is 0 Å². The number of benzene rings is 3. The lowest BCUT2D eigenvalue weighted by molar-refractivity contribution is -0.113. The van der Waals surface area contributed by atoms with E-state index in [0.717, 1.165) is 32.7 Å². The number of nitrogens with zero attached hydrogens (tertiary/aromatic N) is 1. The second-order valence-electron chi connectivity index (χ2n) is 5.60. The summed E-state index contributed by atoms with van der Waals surface area (Å²) in [4.78, 5) is 17.2. The average Bonchev–Trinajstić information content (AvgIpc) is 3.03. The van der Waals surface area contributed by atoms with E-state index in [0.29, 0.717) is 4.91 Å². The maximum atomic E-state index is 12.4. The molecule has 4 heteroatoms. The minimum Gasteiger partial charge on any atom is -0.496 e. The number of hydrogen-bond donors (Lipinski definition) is 0. The van der Waals surface area contributed by atoms with Gasteiger partial charge in [-0.05, 0) is 22.9 Å². The molecule has 1 aliphatic rings. The van der Waals surface area contributed by atoms with Crippen molar-refractivity contribution in [3.63, 3.8) is 0 Å². The van der Waals surface area contributed by atoms with E-state index >= 15 is 0 Å². The molecular formula is C21H15NO2S. The molecule has 122 valence electrons. The second-order valence-corrected chi connectivity index (χ2v) is 6.63. The number of carbonyl (C=O) groups excluding carboxylic acids is 1. The van der Waals surface area contributed by atoms with E-state index in [2.05, 4.69) is 4.99 Å². The highest BCUT2D eigenvalue weighted by Gasteiger charge is 2.23. The Labute approximate surface area is 150 Å². The number of thioether (sulfide) groups is 1. The molecule has 0 saturated heterocycles. The molecule has 0 saturated carbocycles. The number of aliphatic imine (C=N–C) groups is 1. The fourth-order valence-electron chi connectivity index (χ4n) is 2.85. The van der Waals surface area contributed by atoms with Crippen molar-refractivity contribution in [1.29, 1.82) is 0 Å². The van der Waals surface area contributed by atoms with Gasteiger partial charge < -0.3 is 4.74 Å². The molecule has 0 unspecified atom stereocenters. The number of amides is 1. The monoisotopic (exact) mass is 345 g/mol. The Morgan fingerprint density at radius 1 is 0.960 bits per heavy atom. The van der Waals surface area contributed by atoms with Crippen LogP contribution in [0.3, 0.4) is 0 Å². The zero-order valence-electron chi connectivity index (χ0n) is 13.6. The van der Waals surface area contributed by atoms with Crippen LogP contribution in [0.1, 0.15) is 11.1 Å². The summed E-state index contributed by atoms with van der Waals surface area (Å²) in [6.45, 7) is 0. The van der Waals surface area contributed by atoms with Crippen molar-refractivity contribution in [3.05, 3.63) is 82.8 Å². The lowest BCUT2D eigenvalue weighted by Crippen LogP contribution is -1.92. The Morgan fingerprint density at radius 2 is 1.72 bits per heavy atom. The molecule has 3 aromatic carbocycles. The lowest BCUT2D eigenvalue weighted by Gasteiger charge is -2.09. The molecule has 1 aliphatic heterocycles. The standard InChI is InChI=1S/C21H15NO2S/c1-24-18-12-11-14-7-5-6-10-16(14)17(18)13-19-20(23)22-21(25-19)15-8-3-2-4-9-15/h2-13H,1H3. The van der Waals surface area contributed by atoms with Gasteiger partial charge in [-0.1, -0.05) is 72.4 Å². The smallest absolute Gasteiger partial charge is 0.284 e. The first-order valence-electron chi connectivity index (χ1n) is 7.90. The van der Waals surface area contributed by atoms with Gasteiger partial charge >= 0.3 is 0 Å². The largest absolute Gasteiger partial charge is 0.496 e. The third-order valence-corrected chi connectivity index (χ3v) is 5.10. The van der Waals surface area contributed by atoms with Gasteiger partial charge in [-0.3, -0.25) is 4.79 Å². The van der Waals surface area contributed by atoms with Crippen molar-refractivity contribution >= 4 is 39.6 Å². The van der Waals surface area contributed by atoms with Crippen LogP contribution in [-0.4, -0.2) is 18.1 Å². The van der Waals surface area contributed by atoms with E-state index < -0.39 is 0 Å². The van der Waals surface area contributed by atoms with Crippen molar-refractivity contribution in [2.45, 2.75) is 0 Å². The van der Waals surface area contributed by atoms with Gasteiger partial charge in [0.15, 0.2) is 0 Å². The van der Waals surface area contributed by atoms with Crippen molar-refractivity contribution in [2.75, 3.05) is 7.11 Å². The summed E-state index contributed by atoms with van der Waals surface area (Å²) < 4.78 is 5.51. The Balaban J connectivity index is 1.78. The number of carbonyl (C=O) groups is 1. The molecule has 3 aromatic rings. The first-order chi connectivity index (χ1) is 12.3. The molecule has 0 fully saturated rings. The molecule has 1 heterocycles. The van der Waals surface area contributed by atoms with Crippen LogP contribution in [0.25, 0.3) is 16.8 Å². The van der Waals surface area contributed by atoms with Crippen LogP contribution in [0.2, 0.25) is 0 Å². The van der Waals surface area contributed by atoms with Crippen LogP contribution >= 0.6 is 11.8 Å². The predicted octanol–water partition coefficient (Wildman–Crippen LogP) is 4.91. The van der Waals surface area contributed by atoms with Gasteiger partial charge in [0.2, 0.25) is 0 Å². The fraction of sp³-hybridized carbons (Fsp3) is 0.0476. The van der Waals surface area contributed by atoms with Crippen molar-refractivity contribution in [2.24, 2.45) is 4.99 Å². The van der Waals surface area contributed by atoms with E-state index in [1.807, 2.05) is 72.8 Å². The summed E-state index contributed by atoms with van der Waals surface area (Å²) in [6.07, 6.45) is 1.88. The highest BCUT2D eigenvalue weighted by Crippen LogP contribution is 2.36. The highest BCUT2D eigenvalue weighted by molar-refractivity contribution is 8.19. The number of ether oxygens (including phenoxy) is 1. The molecule has 1 amide bonds. The normalized spacial score (nSPS) is 15.6. The maximum Gasteiger partial charge on any atom is 0.284 e. The van der Waals surface area contributed by atoms with Gasteiger partial charge in [-0.2, -0.15) is 0 Å². The summed E-state index contributed by atoms with van der Waals surface area (Å²) in [5.74, 6) is 0.534. The van der Waals surface area contributed by atoms with Crippen LogP contribution < -0.4 is 4.74 Å². The zero-order chi connectivity index (χ0) is 17.2. The maximum absolute atomic E-state index is 12.4. The Morgan fingerprint density at radius 3 is 2.52 bits per heavy atom. The van der Waals surface area contributed by atoms with Gasteiger partial charge in [0.1, 0.15) is 10.8 Å². The van der Waals surface area contributed by atoms with Gasteiger partial charge in [0, 0.05) is 11.1 Å². The number of hydrogen-bond acceptors (Lipinski definition) is 3. The van der Waals surface area contributed by atoms with E-state index in [-0.39, 0.29) is 5.91 Å². The van der Waals surface area contributed by atoms with E-state index in [1.54, 1.807) is 7.11 Å². The topological polar surface area (TPSA) is 38.7 Å². The Hall–Kier alpha value is -2.85. The van der Waals surface area contributed by atoms with E-state index in [9.17, 15) is 4.79 Å². The van der Waals surface area contributed by atoms with Crippen LogP contribution in [0, 0.1) is 0 Å². The second kappa shape index (κ2) is 6.57. The first-order valence-corrected chi connectivity index (χ1v) is 8.71. The molecular weight excluding hydrogens is 330 g/mol. The quantitative estimate of drug-likeness (QED) is 0.633. The zero-order valence-corrected chi connectivity index (χ0v) is 14.4. The number of methoxy groups -OCH3 is 1. The Bertz CT molecular complexity index is 1020. The molecule has 0 atom stereocenters. The van der Waals surface area contributed by atoms with Gasteiger partial charge in [-0.25, -0.2) is 4.99 Å². The number of rotatable bonds is 3. The number of fused-ring (bicyclic) bond motifs is 1. The summed E-state index contributed by atoms with van der Waals surface area (Å²) in [6, 6.07) is 21.8. The molecule has 3 nitrogen and oxygen atoms in total. The average molecular weight is 345 g/mol. The molecule has 0 N–H and O–H groups in total. The van der Waals surface area contributed by atoms with Crippen LogP contribution in [0.15, 0.2) is 76.6 Å². The lowest BCUT2D eigenvalue weighted by atomic mass is 10.0. The van der Waals surface area contributed by atoms with Crippen molar-refractivity contribution in [3.8, 4) is 5.75 Å². The van der Waals surface area contributed by atoms with Crippen LogP contribution in [0.5, 0.6) is 5.75 Å². The molecule has 0 bridgehead atoms. The molecule has 25 heavy (non-hydrogen) atoms. The predicted molar refractivity (Wildman–Crippen MR) is 104 cm³/mol. The van der Waals surface area contributed by atoms with Gasteiger partial charge in [0.25, 0.3) is 5.91 Å². The molecule has 0 radical (unpaired) electrons. The van der Waals surface area contributed by atoms with Crippen LogP contribution in [0.4, 0.5) is 0 Å². The summed E-state index contributed by atoms with van der Waals surface area (Å²) in [5.41, 5.74) is 1.86. The van der Waals surface area contributed by atoms with Crippen LogP contribution in [-0.2, 0) is 4.79 Å². The first kappa shape index (κ1) is 15.7.